The Bertz CT molecular complexity index is 540. The van der Waals surface area contributed by atoms with Gasteiger partial charge in [-0.3, -0.25) is 29.0 Å². The molecule has 6 heteroatoms. The summed E-state index contributed by atoms with van der Waals surface area (Å²) in [7, 11) is 0. The third-order valence-electron chi connectivity index (χ3n) is 4.45. The van der Waals surface area contributed by atoms with Crippen molar-refractivity contribution in [1.82, 2.24) is 9.80 Å². The fourth-order valence-corrected chi connectivity index (χ4v) is 3.27. The Morgan fingerprint density at radius 2 is 1.22 bits per heavy atom. The van der Waals surface area contributed by atoms with E-state index in [0.29, 0.717) is 12.3 Å². The van der Waals surface area contributed by atoms with Crippen LogP contribution >= 0.6 is 0 Å². The predicted octanol–water partition coefficient (Wildman–Crippen LogP) is 1.62. The van der Waals surface area contributed by atoms with Crippen molar-refractivity contribution in [1.29, 1.82) is 0 Å². The summed E-state index contributed by atoms with van der Waals surface area (Å²) < 4.78 is 0. The lowest BCUT2D eigenvalue weighted by Crippen LogP contribution is -2.60. The van der Waals surface area contributed by atoms with E-state index >= 15 is 0 Å². The van der Waals surface area contributed by atoms with Crippen molar-refractivity contribution < 1.29 is 19.2 Å². The summed E-state index contributed by atoms with van der Waals surface area (Å²) >= 11 is 0. The van der Waals surface area contributed by atoms with Crippen LogP contribution in [0.1, 0.15) is 40.5 Å². The largest absolute Gasteiger partial charge is 0.269 e. The zero-order valence-electron chi connectivity index (χ0n) is 13.9. The van der Waals surface area contributed by atoms with E-state index in [0.717, 1.165) is 16.2 Å². The standard InChI is InChI=1S/C17H22N2O4/c1-5-11(2)10-17(3,4)16(18-12(20)6-7-13(18)21)19-14(22)8-9-15(19)23/h6-9,11,16H,5,10H2,1-4H3. The number of nitrogens with zero attached hydrogens (tertiary/aromatic N) is 2. The molecule has 2 aliphatic rings. The monoisotopic (exact) mass is 318 g/mol. The van der Waals surface area contributed by atoms with Gasteiger partial charge >= 0.3 is 0 Å². The third-order valence-corrected chi connectivity index (χ3v) is 4.45. The molecule has 6 nitrogen and oxygen atoms in total. The second kappa shape index (κ2) is 6.10. The molecule has 0 saturated heterocycles. The van der Waals surface area contributed by atoms with Crippen LogP contribution in [-0.2, 0) is 19.2 Å². The molecule has 0 aliphatic carbocycles. The highest BCUT2D eigenvalue weighted by molar-refractivity contribution is 6.16. The molecule has 0 saturated carbocycles. The minimum Gasteiger partial charge on any atom is -0.269 e. The maximum Gasteiger partial charge on any atom is 0.255 e. The van der Waals surface area contributed by atoms with E-state index in [1.165, 1.54) is 24.3 Å². The Morgan fingerprint density at radius 3 is 1.52 bits per heavy atom. The van der Waals surface area contributed by atoms with E-state index in [4.69, 9.17) is 0 Å². The molecule has 2 aliphatic heterocycles. The van der Waals surface area contributed by atoms with Crippen LogP contribution < -0.4 is 0 Å². The van der Waals surface area contributed by atoms with Gasteiger partial charge in [0.15, 0.2) is 0 Å². The summed E-state index contributed by atoms with van der Waals surface area (Å²) in [6.07, 6.45) is 5.36. The van der Waals surface area contributed by atoms with Gasteiger partial charge in [-0.1, -0.05) is 34.1 Å². The van der Waals surface area contributed by atoms with Gasteiger partial charge in [-0.25, -0.2) is 0 Å². The topological polar surface area (TPSA) is 74.8 Å². The molecule has 0 N–H and O–H groups in total. The molecule has 0 aromatic heterocycles. The van der Waals surface area contributed by atoms with Crippen LogP contribution in [0.3, 0.4) is 0 Å². The van der Waals surface area contributed by atoms with Crippen LogP contribution in [0.15, 0.2) is 24.3 Å². The molecule has 0 spiro atoms. The number of hydrogen-bond donors (Lipinski definition) is 0. The second-order valence-electron chi connectivity index (χ2n) is 6.84. The average Bonchev–Trinajstić information content (AvgIpc) is 2.96. The van der Waals surface area contributed by atoms with Gasteiger partial charge in [-0.2, -0.15) is 0 Å². The minimum atomic E-state index is -0.929. The van der Waals surface area contributed by atoms with Crippen molar-refractivity contribution >= 4 is 23.6 Å². The Morgan fingerprint density at radius 1 is 0.870 bits per heavy atom. The van der Waals surface area contributed by atoms with Crippen molar-refractivity contribution in [3.8, 4) is 0 Å². The fourth-order valence-electron chi connectivity index (χ4n) is 3.27. The zero-order valence-corrected chi connectivity index (χ0v) is 13.9. The van der Waals surface area contributed by atoms with Gasteiger partial charge in [0.25, 0.3) is 23.6 Å². The van der Waals surface area contributed by atoms with Crippen LogP contribution in [-0.4, -0.2) is 39.6 Å². The Hall–Kier alpha value is -2.24. The van der Waals surface area contributed by atoms with Crippen LogP contribution in [0.4, 0.5) is 0 Å². The number of hydrogen-bond acceptors (Lipinski definition) is 4. The third kappa shape index (κ3) is 3.11. The van der Waals surface area contributed by atoms with E-state index in [9.17, 15) is 19.2 Å². The number of carbonyl (C=O) groups excluding carboxylic acids is 4. The van der Waals surface area contributed by atoms with Crippen molar-refractivity contribution in [3.63, 3.8) is 0 Å². The highest BCUT2D eigenvalue weighted by Crippen LogP contribution is 2.37. The molecule has 23 heavy (non-hydrogen) atoms. The van der Waals surface area contributed by atoms with Crippen molar-refractivity contribution in [2.24, 2.45) is 11.3 Å². The van der Waals surface area contributed by atoms with Crippen LogP contribution in [0, 0.1) is 11.3 Å². The molecular formula is C17H22N2O4. The molecule has 0 bridgehead atoms. The Kier molecular flexibility index (Phi) is 4.54. The van der Waals surface area contributed by atoms with Gasteiger partial charge in [-0.05, 0) is 12.3 Å². The van der Waals surface area contributed by atoms with Gasteiger partial charge in [0.2, 0.25) is 0 Å². The first kappa shape index (κ1) is 17.1. The summed E-state index contributed by atoms with van der Waals surface area (Å²) in [5, 5.41) is 0. The number of imide groups is 2. The molecule has 2 heterocycles. The lowest BCUT2D eigenvalue weighted by molar-refractivity contribution is -0.160. The van der Waals surface area contributed by atoms with Gasteiger partial charge < -0.3 is 0 Å². The van der Waals surface area contributed by atoms with E-state index in [2.05, 4.69) is 13.8 Å². The minimum absolute atomic E-state index is 0.328. The summed E-state index contributed by atoms with van der Waals surface area (Å²) in [6, 6.07) is 0. The normalized spacial score (nSPS) is 19.7. The Balaban J connectivity index is 2.43. The van der Waals surface area contributed by atoms with Crippen LogP contribution in [0.5, 0.6) is 0 Å². The van der Waals surface area contributed by atoms with E-state index in [1.807, 2.05) is 13.8 Å². The summed E-state index contributed by atoms with van der Waals surface area (Å²) in [5.41, 5.74) is -0.621. The smallest absolute Gasteiger partial charge is 0.255 e. The van der Waals surface area contributed by atoms with Crippen LogP contribution in [0.2, 0.25) is 0 Å². The predicted molar refractivity (Wildman–Crippen MR) is 83.6 cm³/mol. The average molecular weight is 318 g/mol. The lowest BCUT2D eigenvalue weighted by atomic mass is 9.78. The first-order chi connectivity index (χ1) is 10.7. The molecular weight excluding hydrogens is 296 g/mol. The molecule has 1 unspecified atom stereocenters. The number of carbonyl (C=O) groups is 4. The number of rotatable bonds is 6. The van der Waals surface area contributed by atoms with E-state index in [-0.39, 0.29) is 0 Å². The van der Waals surface area contributed by atoms with Crippen molar-refractivity contribution in [3.05, 3.63) is 24.3 Å². The molecule has 0 aromatic rings. The molecule has 4 amide bonds. The molecule has 2 rings (SSSR count). The number of amides is 4. The highest BCUT2D eigenvalue weighted by Gasteiger charge is 2.48. The molecule has 0 aromatic carbocycles. The van der Waals surface area contributed by atoms with Crippen molar-refractivity contribution in [2.45, 2.75) is 46.7 Å². The summed E-state index contributed by atoms with van der Waals surface area (Å²) in [4.78, 5) is 50.6. The lowest BCUT2D eigenvalue weighted by Gasteiger charge is -2.44. The molecule has 124 valence electrons. The maximum absolute atomic E-state index is 12.1. The fraction of sp³-hybridized carbons (Fsp3) is 0.529. The summed E-state index contributed by atoms with van der Waals surface area (Å²) in [6.45, 7) is 7.87. The van der Waals surface area contributed by atoms with Gasteiger partial charge in [0.1, 0.15) is 6.17 Å². The highest BCUT2D eigenvalue weighted by atomic mass is 16.2. The van der Waals surface area contributed by atoms with Gasteiger partial charge in [-0.15, -0.1) is 0 Å². The first-order valence-corrected chi connectivity index (χ1v) is 7.79. The Labute approximate surface area is 135 Å². The van der Waals surface area contributed by atoms with E-state index in [1.54, 1.807) is 0 Å². The van der Waals surface area contributed by atoms with E-state index < -0.39 is 35.2 Å². The maximum atomic E-state index is 12.1. The molecule has 0 radical (unpaired) electrons. The van der Waals surface area contributed by atoms with Crippen molar-refractivity contribution in [2.75, 3.05) is 0 Å². The first-order valence-electron chi connectivity index (χ1n) is 7.79. The SMILES string of the molecule is CCC(C)CC(C)(C)C(N1C(=O)C=CC1=O)N1C(=O)C=CC1=O. The summed E-state index contributed by atoms with van der Waals surface area (Å²) in [5.74, 6) is -1.65. The van der Waals surface area contributed by atoms with Gasteiger partial charge in [0, 0.05) is 29.7 Å². The van der Waals surface area contributed by atoms with Crippen LogP contribution in [0.25, 0.3) is 0 Å². The molecule has 0 fully saturated rings. The molecule has 1 atom stereocenters. The van der Waals surface area contributed by atoms with Gasteiger partial charge in [0.05, 0.1) is 0 Å². The quantitative estimate of drug-likeness (QED) is 0.698. The second-order valence-corrected chi connectivity index (χ2v) is 6.84. The zero-order chi connectivity index (χ0) is 17.4.